The summed E-state index contributed by atoms with van der Waals surface area (Å²) in [5.74, 6) is 0.447. The van der Waals surface area contributed by atoms with Gasteiger partial charge in [-0.25, -0.2) is 4.68 Å². The molecule has 0 unspecified atom stereocenters. The van der Waals surface area contributed by atoms with Gasteiger partial charge in [-0.3, -0.25) is 4.79 Å². The van der Waals surface area contributed by atoms with E-state index in [0.717, 1.165) is 24.8 Å². The lowest BCUT2D eigenvalue weighted by Crippen LogP contribution is -2.05. The molecule has 4 heteroatoms. The first-order valence-electron chi connectivity index (χ1n) is 6.25. The van der Waals surface area contributed by atoms with Crippen LogP contribution < -0.4 is 0 Å². The summed E-state index contributed by atoms with van der Waals surface area (Å²) < 4.78 is 1.70. The van der Waals surface area contributed by atoms with Gasteiger partial charge in [0.25, 0.3) is 0 Å². The van der Waals surface area contributed by atoms with Gasteiger partial charge in [-0.1, -0.05) is 30.9 Å². The average Bonchev–Trinajstić information content (AvgIpc) is 2.54. The summed E-state index contributed by atoms with van der Waals surface area (Å²) in [6.45, 7) is 2.70. The van der Waals surface area contributed by atoms with Gasteiger partial charge in [0.1, 0.15) is 5.69 Å². The normalized spacial score (nSPS) is 18.3. The van der Waals surface area contributed by atoms with E-state index in [0.29, 0.717) is 18.2 Å². The molecule has 1 heterocycles. The molecule has 2 rings (SSSR count). The Bertz CT molecular complexity index is 351. The van der Waals surface area contributed by atoms with Crippen molar-refractivity contribution in [3.05, 3.63) is 11.4 Å². The van der Waals surface area contributed by atoms with Crippen molar-refractivity contribution in [3.63, 3.8) is 0 Å². The van der Waals surface area contributed by atoms with E-state index >= 15 is 0 Å². The first-order chi connectivity index (χ1) is 7.86. The minimum atomic E-state index is 0.447. The monoisotopic (exact) mass is 221 g/mol. The zero-order valence-electron chi connectivity index (χ0n) is 9.85. The van der Waals surface area contributed by atoms with Crippen LogP contribution in [0.25, 0.3) is 0 Å². The standard InChI is InChI=1S/C12H19N3O/c1-2-15-11(9-16)12(13-14-15)10-7-5-3-4-6-8-10/h9-10H,2-8H2,1H3. The molecule has 1 aliphatic rings. The van der Waals surface area contributed by atoms with Gasteiger partial charge in [0.05, 0.1) is 5.69 Å². The zero-order valence-corrected chi connectivity index (χ0v) is 9.85. The smallest absolute Gasteiger partial charge is 0.170 e. The van der Waals surface area contributed by atoms with Crippen LogP contribution in [0.1, 0.15) is 67.5 Å². The second-order valence-electron chi connectivity index (χ2n) is 4.48. The Balaban J connectivity index is 2.24. The van der Waals surface area contributed by atoms with Crippen LogP contribution in [0.15, 0.2) is 0 Å². The van der Waals surface area contributed by atoms with Crippen molar-refractivity contribution < 1.29 is 4.79 Å². The maximum absolute atomic E-state index is 11.1. The van der Waals surface area contributed by atoms with Crippen LogP contribution >= 0.6 is 0 Å². The molecule has 0 radical (unpaired) electrons. The molecule has 1 saturated carbocycles. The Kier molecular flexibility index (Phi) is 3.70. The second-order valence-corrected chi connectivity index (χ2v) is 4.48. The lowest BCUT2D eigenvalue weighted by Gasteiger charge is -2.11. The molecule has 0 aliphatic heterocycles. The third-order valence-electron chi connectivity index (χ3n) is 3.45. The van der Waals surface area contributed by atoms with E-state index in [4.69, 9.17) is 0 Å². The molecule has 1 aliphatic carbocycles. The Morgan fingerprint density at radius 2 is 2.00 bits per heavy atom. The highest BCUT2D eigenvalue weighted by Gasteiger charge is 2.22. The highest BCUT2D eigenvalue weighted by Crippen LogP contribution is 2.31. The van der Waals surface area contributed by atoms with Crippen LogP contribution in [0.4, 0.5) is 0 Å². The molecule has 88 valence electrons. The quantitative estimate of drug-likeness (QED) is 0.582. The highest BCUT2D eigenvalue weighted by molar-refractivity contribution is 5.73. The van der Waals surface area contributed by atoms with Gasteiger partial charge in [0.2, 0.25) is 0 Å². The number of hydrogen-bond acceptors (Lipinski definition) is 3. The summed E-state index contributed by atoms with van der Waals surface area (Å²) in [5, 5.41) is 8.25. The Labute approximate surface area is 96.0 Å². The van der Waals surface area contributed by atoms with Crippen LogP contribution in [0, 0.1) is 0 Å². The van der Waals surface area contributed by atoms with E-state index in [2.05, 4.69) is 10.3 Å². The number of nitrogens with zero attached hydrogens (tertiary/aromatic N) is 3. The highest BCUT2D eigenvalue weighted by atomic mass is 16.1. The van der Waals surface area contributed by atoms with Crippen molar-refractivity contribution in [2.24, 2.45) is 0 Å². The number of carbonyl (C=O) groups is 1. The maximum atomic E-state index is 11.1. The van der Waals surface area contributed by atoms with Gasteiger partial charge in [-0.15, -0.1) is 5.10 Å². The number of rotatable bonds is 3. The van der Waals surface area contributed by atoms with Crippen LogP contribution in [0.3, 0.4) is 0 Å². The Hall–Kier alpha value is -1.19. The summed E-state index contributed by atoms with van der Waals surface area (Å²) in [7, 11) is 0. The molecule has 0 amide bonds. The molecular weight excluding hydrogens is 202 g/mol. The van der Waals surface area contributed by atoms with Gasteiger partial charge in [-0.05, 0) is 19.8 Å². The molecule has 1 fully saturated rings. The number of aromatic nitrogens is 3. The Morgan fingerprint density at radius 3 is 2.56 bits per heavy atom. The molecule has 4 nitrogen and oxygen atoms in total. The number of carbonyl (C=O) groups excluding carboxylic acids is 1. The Morgan fingerprint density at radius 1 is 1.31 bits per heavy atom. The van der Waals surface area contributed by atoms with Crippen molar-refractivity contribution in [2.45, 2.75) is 57.9 Å². The van der Waals surface area contributed by atoms with Crippen molar-refractivity contribution in [3.8, 4) is 0 Å². The van der Waals surface area contributed by atoms with Gasteiger partial charge in [0.15, 0.2) is 6.29 Å². The van der Waals surface area contributed by atoms with Crippen molar-refractivity contribution in [1.82, 2.24) is 15.0 Å². The molecule has 0 aromatic carbocycles. The summed E-state index contributed by atoms with van der Waals surface area (Å²) in [4.78, 5) is 11.1. The molecule has 16 heavy (non-hydrogen) atoms. The summed E-state index contributed by atoms with van der Waals surface area (Å²) >= 11 is 0. The summed E-state index contributed by atoms with van der Waals surface area (Å²) in [5.41, 5.74) is 1.62. The minimum absolute atomic E-state index is 0.447. The van der Waals surface area contributed by atoms with Crippen LogP contribution in [-0.4, -0.2) is 21.3 Å². The third kappa shape index (κ3) is 2.15. The van der Waals surface area contributed by atoms with E-state index in [9.17, 15) is 4.79 Å². The van der Waals surface area contributed by atoms with Crippen molar-refractivity contribution in [2.75, 3.05) is 0 Å². The number of aldehydes is 1. The minimum Gasteiger partial charge on any atom is -0.296 e. The molecular formula is C12H19N3O. The third-order valence-corrected chi connectivity index (χ3v) is 3.45. The molecule has 0 atom stereocenters. The average molecular weight is 221 g/mol. The van der Waals surface area contributed by atoms with E-state index in [1.165, 1.54) is 25.7 Å². The van der Waals surface area contributed by atoms with E-state index < -0.39 is 0 Å². The number of aryl methyl sites for hydroxylation is 1. The zero-order chi connectivity index (χ0) is 11.4. The lowest BCUT2D eigenvalue weighted by molar-refractivity contribution is 0.111. The van der Waals surface area contributed by atoms with Crippen molar-refractivity contribution >= 4 is 6.29 Å². The topological polar surface area (TPSA) is 47.8 Å². The van der Waals surface area contributed by atoms with Gasteiger partial charge in [0, 0.05) is 12.5 Å². The fourth-order valence-corrected chi connectivity index (χ4v) is 2.53. The predicted molar refractivity (Wildman–Crippen MR) is 61.5 cm³/mol. The first-order valence-corrected chi connectivity index (χ1v) is 6.25. The van der Waals surface area contributed by atoms with Crippen molar-refractivity contribution in [1.29, 1.82) is 0 Å². The molecule has 0 N–H and O–H groups in total. The molecule has 0 spiro atoms. The molecule has 1 aromatic heterocycles. The van der Waals surface area contributed by atoms with Gasteiger partial charge >= 0.3 is 0 Å². The maximum Gasteiger partial charge on any atom is 0.170 e. The van der Waals surface area contributed by atoms with Crippen LogP contribution in [0.2, 0.25) is 0 Å². The largest absolute Gasteiger partial charge is 0.296 e. The van der Waals surface area contributed by atoms with Crippen LogP contribution in [0.5, 0.6) is 0 Å². The lowest BCUT2D eigenvalue weighted by atomic mass is 9.95. The van der Waals surface area contributed by atoms with Crippen LogP contribution in [-0.2, 0) is 6.54 Å². The SMILES string of the molecule is CCn1nnc(C2CCCCCC2)c1C=O. The predicted octanol–water partition coefficient (Wildman–Crippen LogP) is 2.55. The first kappa shape index (κ1) is 11.3. The summed E-state index contributed by atoms with van der Waals surface area (Å²) in [6, 6.07) is 0. The fourth-order valence-electron chi connectivity index (χ4n) is 2.53. The summed E-state index contributed by atoms with van der Waals surface area (Å²) in [6.07, 6.45) is 8.35. The second kappa shape index (κ2) is 5.23. The molecule has 1 aromatic rings. The van der Waals surface area contributed by atoms with E-state index in [1.54, 1.807) is 4.68 Å². The van der Waals surface area contributed by atoms with E-state index in [1.807, 2.05) is 6.92 Å². The number of hydrogen-bond donors (Lipinski definition) is 0. The molecule has 0 saturated heterocycles. The fraction of sp³-hybridized carbons (Fsp3) is 0.750. The van der Waals surface area contributed by atoms with Gasteiger partial charge < -0.3 is 0 Å². The van der Waals surface area contributed by atoms with E-state index in [-0.39, 0.29) is 0 Å². The van der Waals surface area contributed by atoms with Gasteiger partial charge in [-0.2, -0.15) is 0 Å². The molecule has 0 bridgehead atoms.